The van der Waals surface area contributed by atoms with E-state index in [1.54, 1.807) is 0 Å². The van der Waals surface area contributed by atoms with Crippen molar-refractivity contribution >= 4 is 30.6 Å². The molecule has 0 aliphatic carbocycles. The predicted octanol–water partition coefficient (Wildman–Crippen LogP) is 5.36. The van der Waals surface area contributed by atoms with Crippen LogP contribution in [0.15, 0.2) is 48.5 Å². The van der Waals surface area contributed by atoms with Crippen molar-refractivity contribution in [3.63, 3.8) is 0 Å². The van der Waals surface area contributed by atoms with Crippen molar-refractivity contribution in [3.05, 3.63) is 66.8 Å². The van der Waals surface area contributed by atoms with Gasteiger partial charge in [0.15, 0.2) is 0 Å². The third kappa shape index (κ3) is 6.98. The standard InChI is InChI=1S/C20H27IO4S/c1-15(2)13-17-5-9-19(10-6-17)21(25-26(22,23)24)20-11-7-18(8-12-20)14-16(3)4/h5-12,15-16H,13-14H2,1-4H3,(H,22,23,24). The first-order valence-electron chi connectivity index (χ1n) is 8.69. The molecule has 4 nitrogen and oxygen atoms in total. The van der Waals surface area contributed by atoms with Gasteiger partial charge in [0.2, 0.25) is 0 Å². The van der Waals surface area contributed by atoms with Crippen molar-refractivity contribution < 1.29 is 15.5 Å². The van der Waals surface area contributed by atoms with Crippen molar-refractivity contribution in [1.82, 2.24) is 0 Å². The van der Waals surface area contributed by atoms with Gasteiger partial charge in [0.05, 0.1) is 0 Å². The van der Waals surface area contributed by atoms with Crippen molar-refractivity contribution in [2.24, 2.45) is 11.8 Å². The first-order valence-corrected chi connectivity index (χ1v) is 13.1. The maximum atomic E-state index is 11.4. The average Bonchev–Trinajstić information content (AvgIpc) is 2.52. The third-order valence-corrected chi connectivity index (χ3v) is 10.1. The van der Waals surface area contributed by atoms with Crippen LogP contribution in [0.2, 0.25) is 0 Å². The summed E-state index contributed by atoms with van der Waals surface area (Å²) in [7, 11) is -4.51. The Morgan fingerprint density at radius 3 is 1.42 bits per heavy atom. The van der Waals surface area contributed by atoms with Crippen molar-refractivity contribution in [3.8, 4) is 0 Å². The molecular weight excluding hydrogens is 463 g/mol. The van der Waals surface area contributed by atoms with Gasteiger partial charge in [-0.2, -0.15) is 0 Å². The number of rotatable bonds is 8. The van der Waals surface area contributed by atoms with E-state index in [0.29, 0.717) is 11.8 Å². The summed E-state index contributed by atoms with van der Waals surface area (Å²) in [5.41, 5.74) is 2.41. The Hall–Kier alpha value is -0.960. The van der Waals surface area contributed by atoms with Gasteiger partial charge in [-0.25, -0.2) is 0 Å². The fourth-order valence-corrected chi connectivity index (χ4v) is 8.35. The second kappa shape index (κ2) is 9.30. The summed E-state index contributed by atoms with van der Waals surface area (Å²) in [5, 5.41) is 0. The minimum atomic E-state index is -4.51. The monoisotopic (exact) mass is 490 g/mol. The molecule has 0 atom stereocenters. The van der Waals surface area contributed by atoms with Gasteiger partial charge in [0.1, 0.15) is 0 Å². The van der Waals surface area contributed by atoms with E-state index in [1.165, 1.54) is 11.1 Å². The molecule has 0 aliphatic heterocycles. The Kier molecular flexibility index (Phi) is 7.63. The molecule has 2 aromatic rings. The van der Waals surface area contributed by atoms with E-state index in [9.17, 15) is 13.0 Å². The third-order valence-electron chi connectivity index (χ3n) is 3.65. The van der Waals surface area contributed by atoms with E-state index in [1.807, 2.05) is 48.5 Å². The first-order chi connectivity index (χ1) is 12.1. The zero-order valence-electron chi connectivity index (χ0n) is 15.6. The summed E-state index contributed by atoms with van der Waals surface area (Å²) >= 11 is -2.74. The van der Waals surface area contributed by atoms with Gasteiger partial charge in [-0.05, 0) is 0 Å². The normalized spacial score (nSPS) is 12.7. The summed E-state index contributed by atoms with van der Waals surface area (Å²) in [5.74, 6) is 1.11. The van der Waals surface area contributed by atoms with Gasteiger partial charge in [0.25, 0.3) is 0 Å². The Morgan fingerprint density at radius 1 is 0.808 bits per heavy atom. The molecule has 0 unspecified atom stereocenters. The number of hydrogen-bond donors (Lipinski definition) is 1. The fraction of sp³-hybridized carbons (Fsp3) is 0.400. The van der Waals surface area contributed by atoms with E-state index >= 15 is 0 Å². The van der Waals surface area contributed by atoms with E-state index < -0.39 is 30.6 Å². The van der Waals surface area contributed by atoms with Crippen LogP contribution in [0.4, 0.5) is 0 Å². The summed E-state index contributed by atoms with van der Waals surface area (Å²) in [6, 6.07) is 15.8. The van der Waals surface area contributed by atoms with Gasteiger partial charge in [-0.3, -0.25) is 0 Å². The molecule has 0 heterocycles. The molecule has 0 spiro atoms. The molecule has 1 N–H and O–H groups in total. The van der Waals surface area contributed by atoms with Crippen LogP contribution < -0.4 is 0 Å². The van der Waals surface area contributed by atoms with Gasteiger partial charge in [0, 0.05) is 0 Å². The van der Waals surface area contributed by atoms with E-state index in [-0.39, 0.29) is 0 Å². The molecule has 0 bridgehead atoms. The second-order valence-electron chi connectivity index (χ2n) is 7.19. The van der Waals surface area contributed by atoms with Gasteiger partial charge < -0.3 is 0 Å². The quantitative estimate of drug-likeness (QED) is 0.400. The van der Waals surface area contributed by atoms with E-state index in [2.05, 4.69) is 27.7 Å². The fourth-order valence-electron chi connectivity index (χ4n) is 2.69. The second-order valence-corrected chi connectivity index (χ2v) is 13.2. The number of benzene rings is 2. The molecule has 0 saturated heterocycles. The van der Waals surface area contributed by atoms with Crippen LogP contribution in [0.1, 0.15) is 38.8 Å². The van der Waals surface area contributed by atoms with Crippen LogP contribution in [0, 0.1) is 19.0 Å². The van der Waals surface area contributed by atoms with Crippen LogP contribution in [-0.2, 0) is 25.8 Å². The van der Waals surface area contributed by atoms with Crippen molar-refractivity contribution in [2.45, 2.75) is 40.5 Å². The van der Waals surface area contributed by atoms with Crippen LogP contribution in [0.3, 0.4) is 0 Å². The molecule has 26 heavy (non-hydrogen) atoms. The molecule has 0 amide bonds. The molecular formula is C20H27IO4S. The molecule has 2 aromatic carbocycles. The zero-order chi connectivity index (χ0) is 19.3. The van der Waals surface area contributed by atoms with E-state index in [4.69, 9.17) is 2.51 Å². The van der Waals surface area contributed by atoms with Crippen LogP contribution in [-0.4, -0.2) is 13.0 Å². The Labute approximate surface area is 164 Å². The van der Waals surface area contributed by atoms with Gasteiger partial charge in [-0.15, -0.1) is 0 Å². The Bertz CT molecular complexity index is 743. The van der Waals surface area contributed by atoms with Gasteiger partial charge in [-0.1, -0.05) is 0 Å². The summed E-state index contributed by atoms with van der Waals surface area (Å²) in [6.45, 7) is 8.64. The molecule has 6 heteroatoms. The summed E-state index contributed by atoms with van der Waals surface area (Å²) in [4.78, 5) is 0. The van der Waals surface area contributed by atoms with Crippen LogP contribution in [0.25, 0.3) is 0 Å². The van der Waals surface area contributed by atoms with Crippen molar-refractivity contribution in [1.29, 1.82) is 0 Å². The first kappa shape index (κ1) is 21.3. The number of halogens is 1. The van der Waals surface area contributed by atoms with Gasteiger partial charge >= 0.3 is 165 Å². The summed E-state index contributed by atoms with van der Waals surface area (Å²) < 4.78 is 38.8. The molecule has 0 aromatic heterocycles. The predicted molar refractivity (Wildman–Crippen MR) is 114 cm³/mol. The molecule has 0 fully saturated rings. The molecule has 0 radical (unpaired) electrons. The zero-order valence-corrected chi connectivity index (χ0v) is 18.6. The van der Waals surface area contributed by atoms with Crippen LogP contribution in [0.5, 0.6) is 0 Å². The average molecular weight is 490 g/mol. The van der Waals surface area contributed by atoms with E-state index in [0.717, 1.165) is 20.0 Å². The SMILES string of the molecule is CC(C)Cc1ccc(I(OS(=O)(=O)O)c2ccc(CC(C)C)cc2)cc1. The minimum absolute atomic E-state index is 0.554. The van der Waals surface area contributed by atoms with Crippen molar-refractivity contribution in [2.75, 3.05) is 0 Å². The maximum absolute atomic E-state index is 11.4. The summed E-state index contributed by atoms with van der Waals surface area (Å²) in [6.07, 6.45) is 1.94. The molecule has 0 aliphatic rings. The topological polar surface area (TPSA) is 63.6 Å². The Morgan fingerprint density at radius 2 is 1.15 bits per heavy atom. The molecule has 2 rings (SSSR count). The molecule has 144 valence electrons. The van der Waals surface area contributed by atoms with Crippen LogP contribution >= 0.6 is 20.2 Å². The number of hydrogen-bond acceptors (Lipinski definition) is 3. The Balaban J connectivity index is 2.31. The molecule has 0 saturated carbocycles.